The first kappa shape index (κ1) is 34.2. The normalized spacial score (nSPS) is 24.9. The number of aliphatic hydroxyl groups is 1. The van der Waals surface area contributed by atoms with Crippen LogP contribution >= 0.6 is 0 Å². The van der Waals surface area contributed by atoms with Gasteiger partial charge in [0.25, 0.3) is 5.91 Å². The van der Waals surface area contributed by atoms with Crippen molar-refractivity contribution in [3.63, 3.8) is 0 Å². The maximum atomic E-state index is 14.6. The SMILES string of the molecule is CC(C)CC1NC(=O)[C@H](C)[C@H](O)[C@H](Cc2c(F)c(F)c(F)c(F)c2F)NC(=O)[C@@H](NC(=O)c2ccccc2O)[C@@H](C)OC1=O. The maximum Gasteiger partial charge on any atom is 0.328 e. The number of aromatic hydroxyl groups is 1. The molecule has 15 heteroatoms. The molecule has 0 aromatic heterocycles. The highest BCUT2D eigenvalue weighted by atomic mass is 19.2. The molecule has 3 amide bonds. The molecular weight excluding hydrogens is 597 g/mol. The van der Waals surface area contributed by atoms with E-state index in [4.69, 9.17) is 4.74 Å². The van der Waals surface area contributed by atoms with Gasteiger partial charge in [0.1, 0.15) is 23.9 Å². The van der Waals surface area contributed by atoms with Crippen molar-refractivity contribution in [1.29, 1.82) is 0 Å². The molecule has 1 unspecified atom stereocenters. The monoisotopic (exact) mass is 629 g/mol. The molecule has 1 aliphatic rings. The van der Waals surface area contributed by atoms with E-state index in [-0.39, 0.29) is 17.9 Å². The number of nitrogens with one attached hydrogen (secondary N) is 3. The molecule has 0 saturated carbocycles. The summed E-state index contributed by atoms with van der Waals surface area (Å²) < 4.78 is 76.3. The highest BCUT2D eigenvalue weighted by Crippen LogP contribution is 2.26. The Morgan fingerprint density at radius 1 is 0.932 bits per heavy atom. The Balaban J connectivity index is 2.10. The number of amides is 3. The molecule has 0 spiro atoms. The fraction of sp³-hybridized carbons (Fsp3) is 0.448. The van der Waals surface area contributed by atoms with Gasteiger partial charge >= 0.3 is 5.97 Å². The van der Waals surface area contributed by atoms with Crippen LogP contribution in [0, 0.1) is 40.9 Å². The number of aliphatic hydroxyl groups excluding tert-OH is 1. The number of carbonyl (C=O) groups is 4. The Morgan fingerprint density at radius 2 is 1.50 bits per heavy atom. The van der Waals surface area contributed by atoms with Gasteiger partial charge in [0, 0.05) is 12.0 Å². The van der Waals surface area contributed by atoms with Crippen molar-refractivity contribution in [3.05, 3.63) is 64.5 Å². The number of esters is 1. The molecule has 240 valence electrons. The number of para-hydroxylation sites is 1. The number of hydrogen-bond donors (Lipinski definition) is 5. The lowest BCUT2D eigenvalue weighted by Crippen LogP contribution is -2.60. The third kappa shape index (κ3) is 7.44. The molecule has 10 nitrogen and oxygen atoms in total. The van der Waals surface area contributed by atoms with Gasteiger partial charge in [-0.15, -0.1) is 0 Å². The van der Waals surface area contributed by atoms with Gasteiger partial charge in [0.05, 0.1) is 23.6 Å². The second kappa shape index (κ2) is 14.0. The van der Waals surface area contributed by atoms with Crippen molar-refractivity contribution in [2.75, 3.05) is 0 Å². The summed E-state index contributed by atoms with van der Waals surface area (Å²) in [5.41, 5.74) is -1.65. The molecule has 44 heavy (non-hydrogen) atoms. The largest absolute Gasteiger partial charge is 0.507 e. The van der Waals surface area contributed by atoms with Crippen LogP contribution < -0.4 is 16.0 Å². The number of hydrogen-bond acceptors (Lipinski definition) is 7. The van der Waals surface area contributed by atoms with Gasteiger partial charge in [0.15, 0.2) is 23.3 Å². The number of ether oxygens (including phenoxy) is 1. The molecule has 2 aromatic carbocycles. The van der Waals surface area contributed by atoms with Crippen molar-refractivity contribution >= 4 is 23.7 Å². The molecule has 3 rings (SSSR count). The average Bonchev–Trinajstić information content (AvgIpc) is 2.97. The predicted molar refractivity (Wildman–Crippen MR) is 143 cm³/mol. The van der Waals surface area contributed by atoms with Crippen molar-refractivity contribution in [2.45, 2.75) is 70.9 Å². The van der Waals surface area contributed by atoms with Crippen LogP contribution in [0.25, 0.3) is 0 Å². The molecule has 1 aliphatic heterocycles. The standard InChI is InChI=1S/C29H32F5N3O7/c1-11(2)9-17-29(43)44-13(4)24(37-27(41)14-7-5-6-8-18(14)38)28(42)35-16(25(39)12(3)26(40)36-17)10-15-19(30)21(32)23(34)22(33)20(15)31/h5-8,11-13,16-17,24-25,38-39H,9-10H2,1-4H3,(H,35,42)(H,36,40)(H,37,41)/t12-,13-,16+,17?,24+,25+/m1/s1. The summed E-state index contributed by atoms with van der Waals surface area (Å²) in [4.78, 5) is 52.7. The minimum Gasteiger partial charge on any atom is -0.507 e. The second-order valence-electron chi connectivity index (χ2n) is 10.9. The van der Waals surface area contributed by atoms with Gasteiger partial charge in [-0.3, -0.25) is 14.4 Å². The van der Waals surface area contributed by atoms with Gasteiger partial charge in [-0.25, -0.2) is 26.7 Å². The molecule has 5 N–H and O–H groups in total. The number of halogens is 5. The molecule has 2 aromatic rings. The summed E-state index contributed by atoms with van der Waals surface area (Å²) >= 11 is 0. The molecule has 1 saturated heterocycles. The van der Waals surface area contributed by atoms with Gasteiger partial charge in [0.2, 0.25) is 17.6 Å². The summed E-state index contributed by atoms with van der Waals surface area (Å²) in [5, 5.41) is 28.1. The van der Waals surface area contributed by atoms with E-state index in [9.17, 15) is 51.3 Å². The van der Waals surface area contributed by atoms with E-state index in [1.165, 1.54) is 31.2 Å². The molecule has 0 radical (unpaired) electrons. The third-order valence-corrected chi connectivity index (χ3v) is 7.19. The zero-order valence-electron chi connectivity index (χ0n) is 24.1. The fourth-order valence-electron chi connectivity index (χ4n) is 4.69. The van der Waals surface area contributed by atoms with Crippen molar-refractivity contribution in [3.8, 4) is 5.75 Å². The summed E-state index contributed by atoms with van der Waals surface area (Å²) in [6.45, 7) is 5.84. The van der Waals surface area contributed by atoms with Gasteiger partial charge in [-0.2, -0.15) is 0 Å². The first-order valence-corrected chi connectivity index (χ1v) is 13.6. The Labute approximate surface area is 249 Å². The van der Waals surface area contributed by atoms with E-state index in [2.05, 4.69) is 16.0 Å². The van der Waals surface area contributed by atoms with Crippen LogP contribution in [0.3, 0.4) is 0 Å². The Hall–Kier alpha value is -4.27. The lowest BCUT2D eigenvalue weighted by Gasteiger charge is -2.34. The minimum atomic E-state index is -2.42. The number of carbonyl (C=O) groups excluding carboxylic acids is 4. The highest BCUT2D eigenvalue weighted by molar-refractivity contribution is 6.00. The van der Waals surface area contributed by atoms with Crippen molar-refractivity contribution in [2.24, 2.45) is 11.8 Å². The van der Waals surface area contributed by atoms with Crippen molar-refractivity contribution in [1.82, 2.24) is 16.0 Å². The predicted octanol–water partition coefficient (Wildman–Crippen LogP) is 2.39. The number of rotatable bonds is 6. The highest BCUT2D eigenvalue weighted by Gasteiger charge is 2.40. The molecule has 1 heterocycles. The van der Waals surface area contributed by atoms with Crippen LogP contribution in [0.2, 0.25) is 0 Å². The number of phenols is 1. The van der Waals surface area contributed by atoms with E-state index in [0.717, 1.165) is 6.92 Å². The van der Waals surface area contributed by atoms with Gasteiger partial charge in [-0.1, -0.05) is 32.9 Å². The Kier molecular flexibility index (Phi) is 10.9. The molecule has 1 fully saturated rings. The van der Waals surface area contributed by atoms with Crippen LogP contribution in [-0.4, -0.2) is 64.2 Å². The van der Waals surface area contributed by atoms with E-state index in [1.807, 2.05) is 0 Å². The summed E-state index contributed by atoms with van der Waals surface area (Å²) in [6, 6.07) is 0.321. The van der Waals surface area contributed by atoms with Gasteiger partial charge in [-0.05, 0) is 31.4 Å². The minimum absolute atomic E-state index is 0.0508. The lowest BCUT2D eigenvalue weighted by atomic mass is 9.90. The van der Waals surface area contributed by atoms with Crippen LogP contribution in [0.15, 0.2) is 24.3 Å². The zero-order chi connectivity index (χ0) is 33.0. The molecular formula is C29H32F5N3O7. The first-order chi connectivity index (χ1) is 20.5. The van der Waals surface area contributed by atoms with E-state index in [1.54, 1.807) is 13.8 Å². The first-order valence-electron chi connectivity index (χ1n) is 13.6. The van der Waals surface area contributed by atoms with Crippen LogP contribution in [0.5, 0.6) is 5.75 Å². The van der Waals surface area contributed by atoms with Gasteiger partial charge < -0.3 is 30.9 Å². The van der Waals surface area contributed by atoms with E-state index < -0.39 is 107 Å². The van der Waals surface area contributed by atoms with Crippen LogP contribution in [0.4, 0.5) is 22.0 Å². The third-order valence-electron chi connectivity index (χ3n) is 7.19. The summed E-state index contributed by atoms with van der Waals surface area (Å²) in [5.74, 6) is -17.6. The summed E-state index contributed by atoms with van der Waals surface area (Å²) in [6.07, 6.45) is -4.61. The lowest BCUT2D eigenvalue weighted by molar-refractivity contribution is -0.156. The van der Waals surface area contributed by atoms with E-state index >= 15 is 0 Å². The summed E-state index contributed by atoms with van der Waals surface area (Å²) in [7, 11) is 0. The number of cyclic esters (lactones) is 1. The average molecular weight is 630 g/mol. The topological polar surface area (TPSA) is 154 Å². The van der Waals surface area contributed by atoms with E-state index in [0.29, 0.717) is 0 Å². The second-order valence-corrected chi connectivity index (χ2v) is 10.9. The Morgan fingerprint density at radius 3 is 2.07 bits per heavy atom. The zero-order valence-corrected chi connectivity index (χ0v) is 24.1. The van der Waals surface area contributed by atoms with Crippen LogP contribution in [0.1, 0.15) is 50.0 Å². The molecule has 0 bridgehead atoms. The number of benzene rings is 2. The van der Waals surface area contributed by atoms with Crippen molar-refractivity contribution < 1.29 is 56.1 Å². The number of phenolic OH excluding ortho intramolecular Hbond substituents is 1. The molecule has 0 aliphatic carbocycles. The fourth-order valence-corrected chi connectivity index (χ4v) is 4.69. The quantitative estimate of drug-likeness (QED) is 0.142. The van der Waals surface area contributed by atoms with Crippen LogP contribution in [-0.2, 0) is 25.5 Å². The molecule has 6 atom stereocenters. The Bertz CT molecular complexity index is 1410. The maximum absolute atomic E-state index is 14.6. The smallest absolute Gasteiger partial charge is 0.328 e.